The minimum Gasteiger partial charge on any atom is -0.495 e. The normalized spacial score (nSPS) is 10.3. The van der Waals surface area contributed by atoms with Crippen LogP contribution >= 0.6 is 11.8 Å². The van der Waals surface area contributed by atoms with E-state index in [4.69, 9.17) is 4.74 Å². The number of hydrogen-bond donors (Lipinski definition) is 3. The Morgan fingerprint density at radius 3 is 2.85 bits per heavy atom. The Morgan fingerprint density at radius 1 is 1.30 bits per heavy atom. The summed E-state index contributed by atoms with van der Waals surface area (Å²) in [6.45, 7) is 3.46. The van der Waals surface area contributed by atoms with E-state index >= 15 is 0 Å². The maximum atomic E-state index is 11.5. The van der Waals surface area contributed by atoms with Crippen molar-refractivity contribution in [3.05, 3.63) is 55.4 Å². The lowest BCUT2D eigenvalue weighted by molar-refractivity contribution is -0.111. The van der Waals surface area contributed by atoms with Gasteiger partial charge in [0.15, 0.2) is 5.16 Å². The number of benzene rings is 1. The first kappa shape index (κ1) is 18.5. The number of pyridine rings is 1. The molecular weight excluding hydrogens is 362 g/mol. The van der Waals surface area contributed by atoms with Crippen LogP contribution in [0.4, 0.5) is 17.2 Å². The minimum absolute atomic E-state index is 0.282. The number of rotatable bonds is 7. The number of methoxy groups -OCH3 is 1. The van der Waals surface area contributed by atoms with Gasteiger partial charge in [0.25, 0.3) is 0 Å². The number of ether oxygens (including phenoxy) is 1. The molecule has 7 nitrogen and oxygen atoms in total. The van der Waals surface area contributed by atoms with Crippen LogP contribution < -0.4 is 15.4 Å². The van der Waals surface area contributed by atoms with Gasteiger partial charge in [-0.15, -0.1) is 0 Å². The zero-order chi connectivity index (χ0) is 19.2. The van der Waals surface area contributed by atoms with E-state index in [2.05, 4.69) is 32.2 Å². The van der Waals surface area contributed by atoms with Crippen molar-refractivity contribution >= 4 is 34.9 Å². The van der Waals surface area contributed by atoms with Crippen LogP contribution in [-0.2, 0) is 4.79 Å². The van der Waals surface area contributed by atoms with Crippen LogP contribution in [0.25, 0.3) is 11.3 Å². The number of H-pyrrole nitrogens is 1. The topological polar surface area (TPSA) is 91.9 Å². The molecule has 0 bridgehead atoms. The third-order valence-electron chi connectivity index (χ3n) is 3.73. The highest BCUT2D eigenvalue weighted by Crippen LogP contribution is 2.31. The fourth-order valence-electron chi connectivity index (χ4n) is 2.43. The largest absolute Gasteiger partial charge is 0.495 e. The predicted molar refractivity (Wildman–Crippen MR) is 109 cm³/mol. The van der Waals surface area contributed by atoms with Gasteiger partial charge < -0.3 is 20.4 Å². The molecule has 0 atom stereocenters. The monoisotopic (exact) mass is 381 g/mol. The zero-order valence-corrected chi connectivity index (χ0v) is 15.8. The average molecular weight is 381 g/mol. The minimum atomic E-state index is -0.282. The van der Waals surface area contributed by atoms with E-state index in [9.17, 15) is 4.79 Å². The number of imidazole rings is 1. The first-order chi connectivity index (χ1) is 13.1. The SMILES string of the molecule is C=CC(=O)Nc1ccc(OC)c(Nc2cc(-c3cnc(SC)[nH]3)ccn2)c1. The lowest BCUT2D eigenvalue weighted by Gasteiger charge is -2.13. The lowest BCUT2D eigenvalue weighted by Crippen LogP contribution is -2.07. The van der Waals surface area contributed by atoms with Gasteiger partial charge in [0.2, 0.25) is 5.91 Å². The molecule has 0 aliphatic rings. The number of nitrogens with zero attached hydrogens (tertiary/aromatic N) is 2. The molecule has 0 spiro atoms. The number of amides is 1. The highest BCUT2D eigenvalue weighted by atomic mass is 32.2. The molecule has 1 amide bonds. The molecule has 27 heavy (non-hydrogen) atoms. The molecule has 8 heteroatoms. The van der Waals surface area contributed by atoms with Crippen molar-refractivity contribution < 1.29 is 9.53 Å². The van der Waals surface area contributed by atoms with E-state index < -0.39 is 0 Å². The van der Waals surface area contributed by atoms with Crippen LogP contribution in [0.3, 0.4) is 0 Å². The summed E-state index contributed by atoms with van der Waals surface area (Å²) in [5.74, 6) is 0.985. The summed E-state index contributed by atoms with van der Waals surface area (Å²) in [4.78, 5) is 23.4. The van der Waals surface area contributed by atoms with Crippen LogP contribution in [0.5, 0.6) is 5.75 Å². The molecule has 0 aliphatic carbocycles. The van der Waals surface area contributed by atoms with Gasteiger partial charge >= 0.3 is 0 Å². The van der Waals surface area contributed by atoms with E-state index in [0.717, 1.165) is 16.4 Å². The molecule has 0 aliphatic heterocycles. The standard InChI is InChI=1S/C19H19N5O2S/c1-4-18(25)22-13-5-6-16(26-2)14(10-13)23-17-9-12(7-8-20-17)15-11-21-19(24-15)27-3/h4-11H,1H2,2-3H3,(H,20,23)(H,21,24)(H,22,25). The van der Waals surface area contributed by atoms with Crippen LogP contribution in [0.1, 0.15) is 0 Å². The Morgan fingerprint density at radius 2 is 2.15 bits per heavy atom. The molecule has 138 valence electrons. The lowest BCUT2D eigenvalue weighted by atomic mass is 10.2. The number of nitrogens with one attached hydrogen (secondary N) is 3. The van der Waals surface area contributed by atoms with E-state index in [1.54, 1.807) is 49.5 Å². The zero-order valence-electron chi connectivity index (χ0n) is 14.9. The van der Waals surface area contributed by atoms with Crippen molar-refractivity contribution in [3.8, 4) is 17.0 Å². The first-order valence-corrected chi connectivity index (χ1v) is 9.29. The molecule has 1 aromatic carbocycles. The maximum Gasteiger partial charge on any atom is 0.247 e. The summed E-state index contributed by atoms with van der Waals surface area (Å²) >= 11 is 1.55. The number of hydrogen-bond acceptors (Lipinski definition) is 6. The average Bonchev–Trinajstić information content (AvgIpc) is 3.18. The molecule has 2 heterocycles. The Bertz CT molecular complexity index is 970. The van der Waals surface area contributed by atoms with Crippen molar-refractivity contribution in [1.82, 2.24) is 15.0 Å². The molecule has 0 radical (unpaired) electrons. The fourth-order valence-corrected chi connectivity index (χ4v) is 2.80. The molecule has 2 aromatic heterocycles. The number of carbonyl (C=O) groups is 1. The second-order valence-electron chi connectivity index (χ2n) is 5.47. The van der Waals surface area contributed by atoms with Gasteiger partial charge in [0.05, 0.1) is 24.7 Å². The summed E-state index contributed by atoms with van der Waals surface area (Å²) < 4.78 is 5.39. The summed E-state index contributed by atoms with van der Waals surface area (Å²) in [6.07, 6.45) is 6.69. The Kier molecular flexibility index (Phi) is 5.77. The molecule has 0 saturated carbocycles. The number of thioether (sulfide) groups is 1. The second kappa shape index (κ2) is 8.41. The van der Waals surface area contributed by atoms with Gasteiger partial charge in [0.1, 0.15) is 11.6 Å². The summed E-state index contributed by atoms with van der Waals surface area (Å²) in [5.41, 5.74) is 3.16. The van der Waals surface area contributed by atoms with E-state index in [1.165, 1.54) is 6.08 Å². The fraction of sp³-hybridized carbons (Fsp3) is 0.105. The van der Waals surface area contributed by atoms with Gasteiger partial charge in [-0.05, 0) is 42.7 Å². The molecule has 3 N–H and O–H groups in total. The summed E-state index contributed by atoms with van der Waals surface area (Å²) in [5, 5.41) is 6.81. The maximum absolute atomic E-state index is 11.5. The van der Waals surface area contributed by atoms with Crippen molar-refractivity contribution in [2.75, 3.05) is 24.0 Å². The highest BCUT2D eigenvalue weighted by molar-refractivity contribution is 7.98. The van der Waals surface area contributed by atoms with Gasteiger partial charge in [0, 0.05) is 17.4 Å². The quantitative estimate of drug-likeness (QED) is 0.422. The van der Waals surface area contributed by atoms with Crippen molar-refractivity contribution in [2.24, 2.45) is 0 Å². The van der Waals surface area contributed by atoms with Gasteiger partial charge in [-0.1, -0.05) is 18.3 Å². The highest BCUT2D eigenvalue weighted by Gasteiger charge is 2.09. The van der Waals surface area contributed by atoms with Crippen LogP contribution in [0, 0.1) is 0 Å². The van der Waals surface area contributed by atoms with E-state index in [0.29, 0.717) is 22.9 Å². The Labute approximate surface area is 161 Å². The molecule has 0 unspecified atom stereocenters. The molecule has 0 fully saturated rings. The van der Waals surface area contributed by atoms with Gasteiger partial charge in [-0.2, -0.15) is 0 Å². The van der Waals surface area contributed by atoms with Crippen LogP contribution in [0.2, 0.25) is 0 Å². The van der Waals surface area contributed by atoms with Crippen molar-refractivity contribution in [1.29, 1.82) is 0 Å². The first-order valence-electron chi connectivity index (χ1n) is 8.07. The smallest absolute Gasteiger partial charge is 0.247 e. The van der Waals surface area contributed by atoms with E-state index in [-0.39, 0.29) is 5.91 Å². The third kappa shape index (κ3) is 4.48. The van der Waals surface area contributed by atoms with Gasteiger partial charge in [-0.3, -0.25) is 4.79 Å². The third-order valence-corrected chi connectivity index (χ3v) is 4.33. The van der Waals surface area contributed by atoms with Crippen molar-refractivity contribution in [3.63, 3.8) is 0 Å². The Balaban J connectivity index is 1.87. The molecular formula is C19H19N5O2S. The van der Waals surface area contributed by atoms with Crippen LogP contribution in [0.15, 0.2) is 60.5 Å². The molecule has 3 rings (SSSR count). The van der Waals surface area contributed by atoms with Crippen molar-refractivity contribution in [2.45, 2.75) is 5.16 Å². The van der Waals surface area contributed by atoms with Gasteiger partial charge in [-0.25, -0.2) is 9.97 Å². The second-order valence-corrected chi connectivity index (χ2v) is 6.26. The number of aromatic amines is 1. The summed E-state index contributed by atoms with van der Waals surface area (Å²) in [6, 6.07) is 9.11. The number of anilines is 3. The predicted octanol–water partition coefficient (Wildman–Crippen LogP) is 4.07. The number of aromatic nitrogens is 3. The molecule has 3 aromatic rings. The van der Waals surface area contributed by atoms with E-state index in [1.807, 2.05) is 18.4 Å². The molecule has 0 saturated heterocycles. The Hall–Kier alpha value is -3.26. The van der Waals surface area contributed by atoms with Crippen LogP contribution in [-0.4, -0.2) is 34.2 Å². The number of carbonyl (C=O) groups excluding carboxylic acids is 1. The summed E-state index contributed by atoms with van der Waals surface area (Å²) in [7, 11) is 1.58.